The molecule has 3 rings (SSSR count). The average molecular weight is 258 g/mol. The van der Waals surface area contributed by atoms with Gasteiger partial charge in [0.1, 0.15) is 5.58 Å². The van der Waals surface area contributed by atoms with Crippen molar-refractivity contribution < 1.29 is 4.42 Å². The third-order valence-corrected chi connectivity index (χ3v) is 3.05. The number of fused-ring (bicyclic) bond motifs is 3. The smallest absolute Gasteiger partial charge is 0.362 e. The van der Waals surface area contributed by atoms with Crippen LogP contribution in [-0.4, -0.2) is 9.55 Å². The van der Waals surface area contributed by atoms with Gasteiger partial charge in [-0.3, -0.25) is 9.59 Å². The van der Waals surface area contributed by atoms with Crippen LogP contribution < -0.4 is 16.7 Å². The van der Waals surface area contributed by atoms with Crippen LogP contribution >= 0.6 is 0 Å². The highest BCUT2D eigenvalue weighted by Gasteiger charge is 2.13. The van der Waals surface area contributed by atoms with Gasteiger partial charge < -0.3 is 14.0 Å². The van der Waals surface area contributed by atoms with E-state index in [0.29, 0.717) is 23.0 Å². The fourth-order valence-corrected chi connectivity index (χ4v) is 2.22. The molecule has 0 amide bonds. The Bertz CT molecular complexity index is 962. The second kappa shape index (κ2) is 3.94. The highest BCUT2D eigenvalue weighted by Crippen LogP contribution is 2.19. The molecule has 0 bridgehead atoms. The van der Waals surface area contributed by atoms with Crippen molar-refractivity contribution >= 4 is 22.0 Å². The molecule has 0 fully saturated rings. The molecule has 0 spiro atoms. The van der Waals surface area contributed by atoms with E-state index >= 15 is 0 Å². The molecule has 19 heavy (non-hydrogen) atoms. The molecule has 0 unspecified atom stereocenters. The van der Waals surface area contributed by atoms with Crippen molar-refractivity contribution in [2.24, 2.45) is 0 Å². The van der Waals surface area contributed by atoms with E-state index in [1.165, 1.54) is 4.57 Å². The summed E-state index contributed by atoms with van der Waals surface area (Å²) in [6.07, 6.45) is 0. The van der Waals surface area contributed by atoms with E-state index in [0.717, 1.165) is 0 Å². The van der Waals surface area contributed by atoms with E-state index in [1.54, 1.807) is 31.2 Å². The Balaban J connectivity index is 2.78. The highest BCUT2D eigenvalue weighted by molar-refractivity contribution is 6.00. The molecular weight excluding hydrogens is 248 g/mol. The summed E-state index contributed by atoms with van der Waals surface area (Å²) in [5.41, 5.74) is -1.35. The van der Waals surface area contributed by atoms with Gasteiger partial charge in [0.25, 0.3) is 0 Å². The molecule has 1 N–H and O–H groups in total. The molecule has 3 aromatic rings. The van der Waals surface area contributed by atoms with Crippen molar-refractivity contribution in [2.45, 2.75) is 13.5 Å². The summed E-state index contributed by atoms with van der Waals surface area (Å²) in [7, 11) is 0. The zero-order valence-corrected chi connectivity index (χ0v) is 10.1. The lowest BCUT2D eigenvalue weighted by Crippen LogP contribution is -2.37. The molecule has 2 aromatic heterocycles. The molecule has 0 aliphatic rings. The maximum Gasteiger partial charge on any atom is 0.362 e. The molecule has 2 heterocycles. The summed E-state index contributed by atoms with van der Waals surface area (Å²) in [5.74, 6) is 0. The van der Waals surface area contributed by atoms with Gasteiger partial charge in [-0.2, -0.15) is 0 Å². The normalized spacial score (nSPS) is 11.2. The third kappa shape index (κ3) is 1.53. The van der Waals surface area contributed by atoms with Crippen molar-refractivity contribution in [3.8, 4) is 0 Å². The Kier molecular flexibility index (Phi) is 2.38. The van der Waals surface area contributed by atoms with Gasteiger partial charge in [-0.25, -0.2) is 4.79 Å². The van der Waals surface area contributed by atoms with Crippen molar-refractivity contribution in [1.82, 2.24) is 9.55 Å². The highest BCUT2D eigenvalue weighted by atomic mass is 16.4. The lowest BCUT2D eigenvalue weighted by Gasteiger charge is -2.08. The fraction of sp³-hybridized carbons (Fsp3) is 0.154. The minimum Gasteiger partial charge on any atom is -0.421 e. The first-order chi connectivity index (χ1) is 9.13. The van der Waals surface area contributed by atoms with E-state index in [2.05, 4.69) is 4.98 Å². The number of hydrogen-bond acceptors (Lipinski definition) is 4. The van der Waals surface area contributed by atoms with Gasteiger partial charge in [0.15, 0.2) is 5.52 Å². The van der Waals surface area contributed by atoms with Crippen LogP contribution in [0.3, 0.4) is 0 Å². The van der Waals surface area contributed by atoms with Crippen LogP contribution in [0.4, 0.5) is 0 Å². The quantitative estimate of drug-likeness (QED) is 0.398. The molecule has 6 heteroatoms. The number of nitrogens with one attached hydrogen (secondary N) is 1. The van der Waals surface area contributed by atoms with Crippen molar-refractivity contribution in [3.05, 3.63) is 55.4 Å². The SMILES string of the molecule is CCn1c(=O)c(=O)[nH]c2c(=O)oc3ccccc3c21. The molecule has 1 aromatic carbocycles. The van der Waals surface area contributed by atoms with E-state index in [4.69, 9.17) is 4.42 Å². The van der Waals surface area contributed by atoms with Crippen LogP contribution in [0, 0.1) is 0 Å². The molecule has 0 atom stereocenters. The standard InChI is InChI=1S/C13H10N2O4/c1-2-15-10-7-5-3-4-6-8(7)19-13(18)9(10)14-11(16)12(15)17/h3-6H,2H2,1H3,(H,14,16). The Morgan fingerprint density at radius 3 is 2.68 bits per heavy atom. The number of rotatable bonds is 1. The fourth-order valence-electron chi connectivity index (χ4n) is 2.22. The third-order valence-electron chi connectivity index (χ3n) is 3.05. The van der Waals surface area contributed by atoms with E-state index in [1.807, 2.05) is 0 Å². The van der Waals surface area contributed by atoms with Crippen LogP contribution in [0.5, 0.6) is 0 Å². The van der Waals surface area contributed by atoms with Crippen molar-refractivity contribution in [2.75, 3.05) is 0 Å². The van der Waals surface area contributed by atoms with E-state index < -0.39 is 16.7 Å². The van der Waals surface area contributed by atoms with Crippen LogP contribution in [0.25, 0.3) is 22.0 Å². The first kappa shape index (κ1) is 11.5. The van der Waals surface area contributed by atoms with Gasteiger partial charge in [0.2, 0.25) is 0 Å². The van der Waals surface area contributed by atoms with Crippen molar-refractivity contribution in [1.29, 1.82) is 0 Å². The number of benzene rings is 1. The van der Waals surface area contributed by atoms with Gasteiger partial charge in [-0.15, -0.1) is 0 Å². The van der Waals surface area contributed by atoms with Crippen LogP contribution in [-0.2, 0) is 6.54 Å². The molecule has 6 nitrogen and oxygen atoms in total. The number of nitrogens with zero attached hydrogens (tertiary/aromatic N) is 1. The van der Waals surface area contributed by atoms with Crippen molar-refractivity contribution in [3.63, 3.8) is 0 Å². The zero-order valence-electron chi connectivity index (χ0n) is 10.1. The predicted octanol–water partition coefficient (Wildman–Crippen LogP) is 0.816. The first-order valence-corrected chi connectivity index (χ1v) is 5.82. The summed E-state index contributed by atoms with van der Waals surface area (Å²) in [4.78, 5) is 37.6. The Hall–Kier alpha value is -2.63. The second-order valence-corrected chi connectivity index (χ2v) is 4.11. The topological polar surface area (TPSA) is 85.1 Å². The number of aryl methyl sites for hydroxylation is 1. The minimum atomic E-state index is -0.822. The summed E-state index contributed by atoms with van der Waals surface area (Å²) in [6, 6.07) is 6.89. The molecule has 0 aliphatic carbocycles. The monoisotopic (exact) mass is 258 g/mol. The molecule has 0 saturated carbocycles. The van der Waals surface area contributed by atoms with E-state index in [-0.39, 0.29) is 5.52 Å². The van der Waals surface area contributed by atoms with Gasteiger partial charge in [0, 0.05) is 11.9 Å². The lowest BCUT2D eigenvalue weighted by atomic mass is 10.2. The number of aromatic amines is 1. The Labute approximate surface area is 105 Å². The van der Waals surface area contributed by atoms with Crippen LogP contribution in [0.1, 0.15) is 6.92 Å². The zero-order chi connectivity index (χ0) is 13.6. The molecule has 0 radical (unpaired) electrons. The molecule has 0 saturated heterocycles. The van der Waals surface area contributed by atoms with Gasteiger partial charge >= 0.3 is 16.7 Å². The van der Waals surface area contributed by atoms with Crippen LogP contribution in [0.2, 0.25) is 0 Å². The van der Waals surface area contributed by atoms with E-state index in [9.17, 15) is 14.4 Å². The number of para-hydroxylation sites is 1. The summed E-state index contributed by atoms with van der Waals surface area (Å²) < 4.78 is 6.41. The first-order valence-electron chi connectivity index (χ1n) is 5.82. The maximum absolute atomic E-state index is 11.9. The maximum atomic E-state index is 11.9. The number of aromatic nitrogens is 2. The number of H-pyrrole nitrogens is 1. The largest absolute Gasteiger partial charge is 0.421 e. The summed E-state index contributed by atoms with van der Waals surface area (Å²) in [6.45, 7) is 2.04. The minimum absolute atomic E-state index is 0.0187. The molecule has 96 valence electrons. The predicted molar refractivity (Wildman–Crippen MR) is 70.5 cm³/mol. The summed E-state index contributed by atoms with van der Waals surface area (Å²) in [5, 5.41) is 0.618. The number of hydrogen-bond donors (Lipinski definition) is 1. The van der Waals surface area contributed by atoms with Gasteiger partial charge in [-0.1, -0.05) is 12.1 Å². The molecular formula is C13H10N2O4. The Morgan fingerprint density at radius 1 is 1.21 bits per heavy atom. The van der Waals surface area contributed by atoms with Gasteiger partial charge in [0.05, 0.1) is 5.52 Å². The molecule has 0 aliphatic heterocycles. The summed E-state index contributed by atoms with van der Waals surface area (Å²) >= 11 is 0. The van der Waals surface area contributed by atoms with Gasteiger partial charge in [-0.05, 0) is 19.1 Å². The second-order valence-electron chi connectivity index (χ2n) is 4.11. The Morgan fingerprint density at radius 2 is 1.95 bits per heavy atom. The lowest BCUT2D eigenvalue weighted by molar-refractivity contribution is 0.565. The average Bonchev–Trinajstić information content (AvgIpc) is 2.41. The van der Waals surface area contributed by atoms with Crippen LogP contribution in [0.15, 0.2) is 43.1 Å².